The lowest BCUT2D eigenvalue weighted by Gasteiger charge is -2.28. The maximum Gasteiger partial charge on any atom is 0.220 e. The fourth-order valence-electron chi connectivity index (χ4n) is 2.84. The van der Waals surface area contributed by atoms with Crippen molar-refractivity contribution in [2.75, 3.05) is 7.11 Å². The number of hydrogen-bond acceptors (Lipinski definition) is 2. The van der Waals surface area contributed by atoms with Gasteiger partial charge in [0.05, 0.1) is 12.7 Å². The molecule has 1 fully saturated rings. The number of methoxy groups -OCH3 is 1. The van der Waals surface area contributed by atoms with E-state index in [0.717, 1.165) is 18.8 Å². The second kappa shape index (κ2) is 5.48. The van der Waals surface area contributed by atoms with E-state index in [-0.39, 0.29) is 11.9 Å². The first-order valence-electron chi connectivity index (χ1n) is 6.44. The van der Waals surface area contributed by atoms with Crippen molar-refractivity contribution in [3.05, 3.63) is 23.8 Å². The number of ether oxygens (including phenoxy) is 1. The Labute approximate surface area is 102 Å². The molecule has 1 aliphatic carbocycles. The minimum atomic E-state index is -0.357. The Bertz CT molecular complexity index is 372. The highest BCUT2D eigenvalue weighted by atomic mass is 19.1. The molecular weight excluding hydrogens is 217 g/mol. The molecule has 2 nitrogen and oxygen atoms in total. The van der Waals surface area contributed by atoms with Crippen LogP contribution in [0.25, 0.3) is 0 Å². The van der Waals surface area contributed by atoms with Gasteiger partial charge in [0.15, 0.2) is 0 Å². The van der Waals surface area contributed by atoms with Crippen molar-refractivity contribution >= 4 is 0 Å². The summed E-state index contributed by atoms with van der Waals surface area (Å²) in [6, 6.07) is 1.75. The lowest BCUT2D eigenvalue weighted by atomic mass is 9.78. The molecule has 1 aliphatic rings. The zero-order chi connectivity index (χ0) is 12.3. The summed E-state index contributed by atoms with van der Waals surface area (Å²) in [4.78, 5) is 3.76. The van der Waals surface area contributed by atoms with Crippen LogP contribution in [0, 0.1) is 11.9 Å². The van der Waals surface area contributed by atoms with Crippen LogP contribution in [-0.4, -0.2) is 12.1 Å². The van der Waals surface area contributed by atoms with Crippen LogP contribution in [0.1, 0.15) is 50.5 Å². The van der Waals surface area contributed by atoms with Crippen LogP contribution in [0.4, 0.5) is 4.39 Å². The fourth-order valence-corrected chi connectivity index (χ4v) is 2.84. The van der Waals surface area contributed by atoms with Crippen LogP contribution in [0.2, 0.25) is 0 Å². The smallest absolute Gasteiger partial charge is 0.220 e. The van der Waals surface area contributed by atoms with Gasteiger partial charge < -0.3 is 4.74 Å². The highest BCUT2D eigenvalue weighted by Gasteiger charge is 2.26. The van der Waals surface area contributed by atoms with E-state index in [9.17, 15) is 4.39 Å². The van der Waals surface area contributed by atoms with Gasteiger partial charge >= 0.3 is 0 Å². The average molecular weight is 237 g/mol. The Kier molecular flexibility index (Phi) is 3.97. The van der Waals surface area contributed by atoms with Crippen LogP contribution in [-0.2, 0) is 0 Å². The lowest BCUT2D eigenvalue weighted by molar-refractivity contribution is 0.304. The predicted molar refractivity (Wildman–Crippen MR) is 65.7 cm³/mol. The largest absolute Gasteiger partial charge is 0.496 e. The van der Waals surface area contributed by atoms with Crippen molar-refractivity contribution in [3.63, 3.8) is 0 Å². The molecule has 0 spiro atoms. The number of hydrogen-bond donors (Lipinski definition) is 0. The zero-order valence-electron chi connectivity index (χ0n) is 10.6. The summed E-state index contributed by atoms with van der Waals surface area (Å²) in [7, 11) is 1.59. The molecule has 94 valence electrons. The Morgan fingerprint density at radius 1 is 1.35 bits per heavy atom. The Morgan fingerprint density at radius 3 is 2.65 bits per heavy atom. The molecule has 0 N–H and O–H groups in total. The maximum absolute atomic E-state index is 13.8. The molecule has 3 heteroatoms. The van der Waals surface area contributed by atoms with Gasteiger partial charge in [-0.3, -0.25) is 0 Å². The van der Waals surface area contributed by atoms with Crippen LogP contribution < -0.4 is 4.74 Å². The summed E-state index contributed by atoms with van der Waals surface area (Å²) in [5.74, 6) is 1.39. The third-order valence-electron chi connectivity index (χ3n) is 3.95. The van der Waals surface area contributed by atoms with Gasteiger partial charge in [0.25, 0.3) is 0 Å². The maximum atomic E-state index is 13.8. The third kappa shape index (κ3) is 2.59. The van der Waals surface area contributed by atoms with Crippen LogP contribution in [0.15, 0.2) is 12.3 Å². The van der Waals surface area contributed by atoms with Crippen molar-refractivity contribution in [1.82, 2.24) is 4.98 Å². The van der Waals surface area contributed by atoms with Crippen LogP contribution in [0.3, 0.4) is 0 Å². The van der Waals surface area contributed by atoms with Crippen molar-refractivity contribution in [2.24, 2.45) is 5.92 Å². The first kappa shape index (κ1) is 12.3. The molecule has 0 bridgehead atoms. The quantitative estimate of drug-likeness (QED) is 0.743. The van der Waals surface area contributed by atoms with Gasteiger partial charge in [-0.2, -0.15) is 4.39 Å². The standard InChI is InChI=1S/C14H20FNO/c1-3-10-4-6-11(7-5-10)13-12(17-2)8-9-16-14(13)15/h8-11H,3-7H2,1-2H3. The summed E-state index contributed by atoms with van der Waals surface area (Å²) in [5, 5.41) is 0. The second-order valence-electron chi connectivity index (χ2n) is 4.84. The average Bonchev–Trinajstić information content (AvgIpc) is 2.38. The van der Waals surface area contributed by atoms with E-state index in [4.69, 9.17) is 4.74 Å². The van der Waals surface area contributed by atoms with E-state index >= 15 is 0 Å². The van der Waals surface area contributed by atoms with E-state index in [2.05, 4.69) is 11.9 Å². The molecule has 0 atom stereocenters. The van der Waals surface area contributed by atoms with Gasteiger partial charge in [-0.05, 0) is 43.6 Å². The normalized spacial score (nSPS) is 24.6. The van der Waals surface area contributed by atoms with Crippen molar-refractivity contribution < 1.29 is 9.13 Å². The Balaban J connectivity index is 2.17. The van der Waals surface area contributed by atoms with Gasteiger partial charge in [0.1, 0.15) is 5.75 Å². The Morgan fingerprint density at radius 2 is 2.06 bits per heavy atom. The van der Waals surface area contributed by atoms with E-state index < -0.39 is 0 Å². The molecule has 0 unspecified atom stereocenters. The van der Waals surface area contributed by atoms with E-state index in [0.29, 0.717) is 11.3 Å². The van der Waals surface area contributed by atoms with Crippen LogP contribution in [0.5, 0.6) is 5.75 Å². The summed E-state index contributed by atoms with van der Waals surface area (Å²) < 4.78 is 19.1. The summed E-state index contributed by atoms with van der Waals surface area (Å²) in [5.41, 5.74) is 0.685. The summed E-state index contributed by atoms with van der Waals surface area (Å²) in [6.07, 6.45) is 7.20. The molecule has 0 aliphatic heterocycles. The number of pyridine rings is 1. The Hall–Kier alpha value is -1.12. The van der Waals surface area contributed by atoms with Crippen molar-refractivity contribution in [1.29, 1.82) is 0 Å². The van der Waals surface area contributed by atoms with Gasteiger partial charge in [-0.15, -0.1) is 0 Å². The molecule has 0 amide bonds. The minimum Gasteiger partial charge on any atom is -0.496 e. The molecule has 17 heavy (non-hydrogen) atoms. The van der Waals surface area contributed by atoms with Crippen molar-refractivity contribution in [2.45, 2.75) is 44.9 Å². The molecule has 2 rings (SSSR count). The van der Waals surface area contributed by atoms with Gasteiger partial charge in [0, 0.05) is 6.20 Å². The highest BCUT2D eigenvalue weighted by Crippen LogP contribution is 2.40. The topological polar surface area (TPSA) is 22.1 Å². The first-order chi connectivity index (χ1) is 8.26. The van der Waals surface area contributed by atoms with E-state index in [1.54, 1.807) is 13.2 Å². The monoisotopic (exact) mass is 237 g/mol. The predicted octanol–water partition coefficient (Wildman–Crippen LogP) is 3.91. The molecule has 1 aromatic rings. The molecule has 0 radical (unpaired) electrons. The fraction of sp³-hybridized carbons (Fsp3) is 0.643. The molecule has 1 heterocycles. The number of rotatable bonds is 3. The lowest BCUT2D eigenvalue weighted by Crippen LogP contribution is -2.15. The van der Waals surface area contributed by atoms with E-state index in [1.165, 1.54) is 25.5 Å². The summed E-state index contributed by atoms with van der Waals surface area (Å²) in [6.45, 7) is 2.23. The van der Waals surface area contributed by atoms with E-state index in [1.807, 2.05) is 0 Å². The molecule has 0 saturated heterocycles. The zero-order valence-corrected chi connectivity index (χ0v) is 10.6. The number of nitrogens with zero attached hydrogens (tertiary/aromatic N) is 1. The minimum absolute atomic E-state index is 0.279. The number of halogens is 1. The summed E-state index contributed by atoms with van der Waals surface area (Å²) >= 11 is 0. The van der Waals surface area contributed by atoms with Crippen LogP contribution >= 0.6 is 0 Å². The molecule has 0 aromatic carbocycles. The highest BCUT2D eigenvalue weighted by molar-refractivity contribution is 5.34. The first-order valence-corrected chi connectivity index (χ1v) is 6.44. The third-order valence-corrected chi connectivity index (χ3v) is 3.95. The second-order valence-corrected chi connectivity index (χ2v) is 4.84. The SMILES string of the molecule is CCC1CCC(c2c(OC)ccnc2F)CC1. The van der Waals surface area contributed by atoms with Gasteiger partial charge in [0.2, 0.25) is 5.95 Å². The van der Waals surface area contributed by atoms with Crippen molar-refractivity contribution in [3.8, 4) is 5.75 Å². The van der Waals surface area contributed by atoms with Gasteiger partial charge in [-0.1, -0.05) is 13.3 Å². The molecule has 1 saturated carbocycles. The molecular formula is C14H20FNO. The van der Waals surface area contributed by atoms with Gasteiger partial charge in [-0.25, -0.2) is 4.98 Å². The molecule has 1 aromatic heterocycles. The number of aromatic nitrogens is 1.